The fraction of sp³-hybridized carbons (Fsp3) is 0.0303. The molecule has 176 valence electrons. The summed E-state index contributed by atoms with van der Waals surface area (Å²) >= 11 is 0. The van der Waals surface area contributed by atoms with Crippen LogP contribution in [0.1, 0.15) is 5.56 Å². The van der Waals surface area contributed by atoms with E-state index in [2.05, 4.69) is 125 Å². The lowest BCUT2D eigenvalue weighted by molar-refractivity contribution is 0.880. The number of nitrogens with zero attached hydrogens (tertiary/aromatic N) is 4. The molecule has 6 aromatic rings. The zero-order valence-electron chi connectivity index (χ0n) is 20.4. The summed E-state index contributed by atoms with van der Waals surface area (Å²) in [6.45, 7) is 2.06. The van der Waals surface area contributed by atoms with Crippen LogP contribution < -0.4 is 4.90 Å². The van der Waals surface area contributed by atoms with Crippen molar-refractivity contribution in [1.29, 1.82) is 0 Å². The molecule has 0 spiro atoms. The number of benzene rings is 4. The Hall–Kier alpha value is -4.96. The highest BCUT2D eigenvalue weighted by molar-refractivity contribution is 6.02. The lowest BCUT2D eigenvalue weighted by Gasteiger charge is -2.28. The summed E-state index contributed by atoms with van der Waals surface area (Å²) < 4.78 is 1.95. The normalized spacial score (nSPS) is 11.9. The van der Waals surface area contributed by atoms with Crippen LogP contribution in [0.2, 0.25) is 0 Å². The number of pyridine rings is 1. The van der Waals surface area contributed by atoms with E-state index in [-0.39, 0.29) is 0 Å². The lowest BCUT2D eigenvalue weighted by atomic mass is 9.94. The zero-order valence-corrected chi connectivity index (χ0v) is 20.4. The highest BCUT2D eigenvalue weighted by Gasteiger charge is 2.26. The molecule has 0 saturated carbocycles. The molecule has 0 bridgehead atoms. The molecular weight excluding hydrogens is 452 g/mol. The van der Waals surface area contributed by atoms with Gasteiger partial charge in [0, 0.05) is 34.8 Å². The molecule has 4 heteroatoms. The summed E-state index contributed by atoms with van der Waals surface area (Å²) in [5.74, 6) is 0. The first-order valence-corrected chi connectivity index (χ1v) is 12.4. The SMILES string of the molecule is Cc1cnn(-c2ccc3c(c2)N(c2cccc(-c4ccccn4)c2)c2ccccc2-c2ccccc2-3)c1. The Balaban J connectivity index is 1.52. The van der Waals surface area contributed by atoms with Crippen LogP contribution in [0.15, 0.2) is 128 Å². The van der Waals surface area contributed by atoms with Gasteiger partial charge in [-0.3, -0.25) is 4.98 Å². The topological polar surface area (TPSA) is 34.0 Å². The van der Waals surface area contributed by atoms with E-state index in [1.807, 2.05) is 29.2 Å². The molecule has 0 aliphatic carbocycles. The van der Waals surface area contributed by atoms with E-state index in [0.29, 0.717) is 0 Å². The molecule has 3 heterocycles. The average Bonchev–Trinajstić information content (AvgIpc) is 3.35. The van der Waals surface area contributed by atoms with Crippen LogP contribution >= 0.6 is 0 Å². The first kappa shape index (κ1) is 21.3. The maximum absolute atomic E-state index is 4.60. The van der Waals surface area contributed by atoms with Crippen molar-refractivity contribution in [2.24, 2.45) is 0 Å². The van der Waals surface area contributed by atoms with Gasteiger partial charge < -0.3 is 4.90 Å². The third-order valence-corrected chi connectivity index (χ3v) is 6.92. The van der Waals surface area contributed by atoms with Crippen LogP contribution in [-0.4, -0.2) is 14.8 Å². The molecule has 0 N–H and O–H groups in total. The molecule has 1 aliphatic heterocycles. The highest BCUT2D eigenvalue weighted by Crippen LogP contribution is 2.51. The molecule has 0 unspecified atom stereocenters. The van der Waals surface area contributed by atoms with E-state index >= 15 is 0 Å². The molecule has 0 radical (unpaired) electrons. The number of aryl methyl sites for hydroxylation is 1. The summed E-state index contributed by atoms with van der Waals surface area (Å²) in [5.41, 5.74) is 12.4. The van der Waals surface area contributed by atoms with Gasteiger partial charge in [0.2, 0.25) is 0 Å². The molecule has 0 fully saturated rings. The van der Waals surface area contributed by atoms with E-state index < -0.39 is 0 Å². The van der Waals surface area contributed by atoms with Crippen LogP contribution in [0.25, 0.3) is 39.2 Å². The number of fused-ring (bicyclic) bond motifs is 5. The molecule has 0 atom stereocenters. The summed E-state index contributed by atoms with van der Waals surface area (Å²) in [6, 6.07) is 38.6. The predicted octanol–water partition coefficient (Wildman–Crippen LogP) is 8.36. The molecule has 0 saturated heterocycles. The highest BCUT2D eigenvalue weighted by atomic mass is 15.3. The number of hydrogen-bond acceptors (Lipinski definition) is 3. The van der Waals surface area contributed by atoms with Crippen molar-refractivity contribution in [1.82, 2.24) is 14.8 Å². The first-order valence-electron chi connectivity index (χ1n) is 12.4. The van der Waals surface area contributed by atoms with Gasteiger partial charge in [-0.25, -0.2) is 4.68 Å². The lowest BCUT2D eigenvalue weighted by Crippen LogP contribution is -2.12. The van der Waals surface area contributed by atoms with E-state index in [1.54, 1.807) is 0 Å². The van der Waals surface area contributed by atoms with Crippen LogP contribution in [0, 0.1) is 6.92 Å². The van der Waals surface area contributed by atoms with Gasteiger partial charge in [-0.1, -0.05) is 66.7 Å². The largest absolute Gasteiger partial charge is 0.309 e. The zero-order chi connectivity index (χ0) is 24.8. The van der Waals surface area contributed by atoms with Crippen molar-refractivity contribution in [2.45, 2.75) is 6.92 Å². The van der Waals surface area contributed by atoms with Crippen molar-refractivity contribution in [3.8, 4) is 39.2 Å². The fourth-order valence-corrected chi connectivity index (χ4v) is 5.22. The molecule has 2 aromatic heterocycles. The van der Waals surface area contributed by atoms with Gasteiger partial charge in [0.15, 0.2) is 0 Å². The summed E-state index contributed by atoms with van der Waals surface area (Å²) in [6.07, 6.45) is 5.80. The van der Waals surface area contributed by atoms with Crippen molar-refractivity contribution in [3.05, 3.63) is 133 Å². The molecule has 4 aromatic carbocycles. The molecule has 4 nitrogen and oxygen atoms in total. The maximum atomic E-state index is 4.60. The van der Waals surface area contributed by atoms with Gasteiger partial charge in [0.1, 0.15) is 0 Å². The third kappa shape index (κ3) is 3.62. The Morgan fingerprint density at radius 3 is 2.11 bits per heavy atom. The van der Waals surface area contributed by atoms with Gasteiger partial charge >= 0.3 is 0 Å². The summed E-state index contributed by atoms with van der Waals surface area (Å²) in [5, 5.41) is 4.59. The van der Waals surface area contributed by atoms with E-state index in [0.717, 1.165) is 39.6 Å². The van der Waals surface area contributed by atoms with Crippen molar-refractivity contribution < 1.29 is 0 Å². The predicted molar refractivity (Wildman–Crippen MR) is 151 cm³/mol. The van der Waals surface area contributed by atoms with Crippen LogP contribution in [0.3, 0.4) is 0 Å². The van der Waals surface area contributed by atoms with Crippen molar-refractivity contribution in [2.75, 3.05) is 4.90 Å². The van der Waals surface area contributed by atoms with Gasteiger partial charge in [-0.15, -0.1) is 0 Å². The molecule has 0 amide bonds. The Morgan fingerprint density at radius 1 is 0.595 bits per heavy atom. The number of para-hydroxylation sites is 1. The Kier molecular flexibility index (Phi) is 4.96. The number of aromatic nitrogens is 3. The Morgan fingerprint density at radius 2 is 1.35 bits per heavy atom. The second-order valence-electron chi connectivity index (χ2n) is 9.33. The molecule has 7 rings (SSSR count). The van der Waals surface area contributed by atoms with E-state index in [1.165, 1.54) is 22.3 Å². The van der Waals surface area contributed by atoms with Crippen LogP contribution in [0.5, 0.6) is 0 Å². The minimum absolute atomic E-state index is 0.955. The molecular formula is C33H24N4. The third-order valence-electron chi connectivity index (χ3n) is 6.92. The second kappa shape index (κ2) is 8.61. The fourth-order valence-electron chi connectivity index (χ4n) is 5.22. The first-order chi connectivity index (χ1) is 18.3. The molecule has 37 heavy (non-hydrogen) atoms. The van der Waals surface area contributed by atoms with E-state index in [9.17, 15) is 0 Å². The summed E-state index contributed by atoms with van der Waals surface area (Å²) in [7, 11) is 0. The van der Waals surface area contributed by atoms with Gasteiger partial charge in [-0.2, -0.15) is 5.10 Å². The van der Waals surface area contributed by atoms with Crippen LogP contribution in [0.4, 0.5) is 17.1 Å². The Labute approximate surface area is 216 Å². The van der Waals surface area contributed by atoms with Crippen molar-refractivity contribution in [3.63, 3.8) is 0 Å². The monoisotopic (exact) mass is 476 g/mol. The quantitative estimate of drug-likeness (QED) is 0.257. The van der Waals surface area contributed by atoms with Gasteiger partial charge in [-0.05, 0) is 66.1 Å². The minimum Gasteiger partial charge on any atom is -0.309 e. The molecule has 1 aliphatic rings. The van der Waals surface area contributed by atoms with E-state index in [4.69, 9.17) is 0 Å². The number of anilines is 3. The van der Waals surface area contributed by atoms with Crippen molar-refractivity contribution >= 4 is 17.1 Å². The van der Waals surface area contributed by atoms with Crippen LogP contribution in [-0.2, 0) is 0 Å². The Bertz CT molecular complexity index is 1750. The minimum atomic E-state index is 0.955. The van der Waals surface area contributed by atoms with Gasteiger partial charge in [0.25, 0.3) is 0 Å². The van der Waals surface area contributed by atoms with Gasteiger partial charge in [0.05, 0.1) is 29.0 Å². The summed E-state index contributed by atoms with van der Waals surface area (Å²) in [4.78, 5) is 6.97. The number of rotatable bonds is 3. The maximum Gasteiger partial charge on any atom is 0.0702 e. The standard InChI is InChI=1S/C33H24N4/c1-23-21-35-36(22-23)25-16-17-30-28-12-3-2-11-27(28)29-13-4-5-15-32(29)37(33(30)20-25)26-10-8-9-24(19-26)31-14-6-7-18-34-31/h2-22H,1H3. The average molecular weight is 477 g/mol. The second-order valence-corrected chi connectivity index (χ2v) is 9.33. The smallest absolute Gasteiger partial charge is 0.0702 e. The number of hydrogen-bond donors (Lipinski definition) is 0.